The minimum atomic E-state index is -0.708. The fourth-order valence-electron chi connectivity index (χ4n) is 1.38. The van der Waals surface area contributed by atoms with E-state index in [-0.39, 0.29) is 5.56 Å². The lowest BCUT2D eigenvalue weighted by atomic mass is 10.1. The van der Waals surface area contributed by atoms with E-state index in [1.807, 2.05) is 13.8 Å². The molecule has 0 aliphatic carbocycles. The van der Waals surface area contributed by atoms with Gasteiger partial charge in [0.1, 0.15) is 5.69 Å². The van der Waals surface area contributed by atoms with Crippen LogP contribution >= 0.6 is 0 Å². The van der Waals surface area contributed by atoms with E-state index in [0.29, 0.717) is 24.6 Å². The molecule has 0 spiro atoms. The maximum atomic E-state index is 11.3. The molecule has 1 aromatic rings. The molecule has 6 heteroatoms. The zero-order valence-corrected chi connectivity index (χ0v) is 10.3. The predicted octanol–water partition coefficient (Wildman–Crippen LogP) is 0.956. The topological polar surface area (TPSA) is 87.3 Å². The second-order valence-corrected chi connectivity index (χ2v) is 3.39. The fourth-order valence-corrected chi connectivity index (χ4v) is 1.38. The molecular formula is C11H17N3O3. The van der Waals surface area contributed by atoms with E-state index >= 15 is 0 Å². The molecule has 0 aromatic carbocycles. The fraction of sp³-hybridized carbons (Fsp3) is 0.545. The molecule has 1 aromatic heterocycles. The van der Waals surface area contributed by atoms with Crippen LogP contribution in [-0.2, 0) is 9.47 Å². The van der Waals surface area contributed by atoms with Gasteiger partial charge >= 0.3 is 0 Å². The number of primary amides is 1. The molecule has 0 aliphatic heterocycles. The minimum Gasteiger partial charge on any atom is -0.366 e. The summed E-state index contributed by atoms with van der Waals surface area (Å²) in [6, 6.07) is 1.58. The Balaban J connectivity index is 3.12. The highest BCUT2D eigenvalue weighted by Gasteiger charge is 2.21. The Morgan fingerprint density at radius 3 is 2.41 bits per heavy atom. The van der Waals surface area contributed by atoms with Crippen LogP contribution in [0.15, 0.2) is 6.07 Å². The van der Waals surface area contributed by atoms with Crippen molar-refractivity contribution in [3.05, 3.63) is 23.0 Å². The van der Waals surface area contributed by atoms with Crippen LogP contribution in [0.2, 0.25) is 0 Å². The molecule has 0 aliphatic rings. The van der Waals surface area contributed by atoms with Gasteiger partial charge in [-0.25, -0.2) is 0 Å². The summed E-state index contributed by atoms with van der Waals surface area (Å²) >= 11 is 0. The summed E-state index contributed by atoms with van der Waals surface area (Å²) in [4.78, 5) is 11.3. The molecule has 1 rings (SSSR count). The Kier molecular flexibility index (Phi) is 4.99. The lowest BCUT2D eigenvalue weighted by Crippen LogP contribution is -2.21. The van der Waals surface area contributed by atoms with Gasteiger partial charge in [-0.2, -0.15) is 5.10 Å². The highest BCUT2D eigenvalue weighted by molar-refractivity contribution is 5.93. The lowest BCUT2D eigenvalue weighted by Gasteiger charge is -2.17. The molecule has 0 atom stereocenters. The van der Waals surface area contributed by atoms with Gasteiger partial charge in [-0.15, -0.1) is 5.10 Å². The first-order valence-electron chi connectivity index (χ1n) is 5.47. The van der Waals surface area contributed by atoms with Crippen LogP contribution in [0.1, 0.15) is 41.9 Å². The minimum absolute atomic E-state index is 0.282. The third kappa shape index (κ3) is 3.47. The van der Waals surface area contributed by atoms with Gasteiger partial charge < -0.3 is 15.2 Å². The number of nitrogens with zero attached hydrogens (tertiary/aromatic N) is 2. The quantitative estimate of drug-likeness (QED) is 0.747. The van der Waals surface area contributed by atoms with Crippen molar-refractivity contribution in [1.82, 2.24) is 10.2 Å². The molecule has 1 amide bonds. The van der Waals surface area contributed by atoms with E-state index in [0.717, 1.165) is 0 Å². The van der Waals surface area contributed by atoms with Gasteiger partial charge in [0.15, 0.2) is 0 Å². The molecule has 0 radical (unpaired) electrons. The number of hydrogen-bond acceptors (Lipinski definition) is 5. The highest BCUT2D eigenvalue weighted by Crippen LogP contribution is 2.20. The van der Waals surface area contributed by atoms with Crippen LogP contribution < -0.4 is 5.73 Å². The standard InChI is InChI=1S/C11H17N3O3/c1-4-16-11(17-5-2)9-8(10(12)15)6-7(3)13-14-9/h6,11H,4-5H2,1-3H3,(H2,12,15). The van der Waals surface area contributed by atoms with Crippen LogP contribution in [0, 0.1) is 6.92 Å². The monoisotopic (exact) mass is 239 g/mol. The predicted molar refractivity (Wildman–Crippen MR) is 61.3 cm³/mol. The van der Waals surface area contributed by atoms with Crippen molar-refractivity contribution < 1.29 is 14.3 Å². The summed E-state index contributed by atoms with van der Waals surface area (Å²) in [7, 11) is 0. The molecule has 6 nitrogen and oxygen atoms in total. The first-order chi connectivity index (χ1) is 8.10. The number of hydrogen-bond donors (Lipinski definition) is 1. The number of nitrogens with two attached hydrogens (primary N) is 1. The van der Waals surface area contributed by atoms with Crippen LogP contribution in [0.3, 0.4) is 0 Å². The van der Waals surface area contributed by atoms with Crippen LogP contribution in [0.25, 0.3) is 0 Å². The number of rotatable bonds is 6. The van der Waals surface area contributed by atoms with E-state index in [4.69, 9.17) is 15.2 Å². The van der Waals surface area contributed by atoms with Crippen molar-refractivity contribution in [2.75, 3.05) is 13.2 Å². The van der Waals surface area contributed by atoms with Gasteiger partial charge in [-0.05, 0) is 26.8 Å². The van der Waals surface area contributed by atoms with E-state index in [1.165, 1.54) is 0 Å². The average molecular weight is 239 g/mol. The van der Waals surface area contributed by atoms with Crippen LogP contribution in [0.4, 0.5) is 0 Å². The average Bonchev–Trinajstić information content (AvgIpc) is 2.28. The number of aromatic nitrogens is 2. The summed E-state index contributed by atoms with van der Waals surface area (Å²) in [6.07, 6.45) is -0.708. The molecule has 0 saturated carbocycles. The summed E-state index contributed by atoms with van der Waals surface area (Å²) in [5.41, 5.74) is 6.52. The Hall–Kier alpha value is -1.53. The Labute approximate surface area is 100 Å². The largest absolute Gasteiger partial charge is 0.366 e. The van der Waals surface area contributed by atoms with Crippen molar-refractivity contribution in [3.8, 4) is 0 Å². The van der Waals surface area contributed by atoms with E-state index in [1.54, 1.807) is 13.0 Å². The Morgan fingerprint density at radius 2 is 1.94 bits per heavy atom. The van der Waals surface area contributed by atoms with Gasteiger partial charge in [0.2, 0.25) is 6.29 Å². The van der Waals surface area contributed by atoms with Gasteiger partial charge in [-0.1, -0.05) is 0 Å². The summed E-state index contributed by atoms with van der Waals surface area (Å²) in [5, 5.41) is 7.83. The Morgan fingerprint density at radius 1 is 1.35 bits per heavy atom. The molecule has 17 heavy (non-hydrogen) atoms. The normalized spacial score (nSPS) is 10.8. The second kappa shape index (κ2) is 6.27. The van der Waals surface area contributed by atoms with E-state index in [9.17, 15) is 4.79 Å². The molecule has 0 unspecified atom stereocenters. The van der Waals surface area contributed by atoms with Gasteiger partial charge in [0.05, 0.1) is 11.3 Å². The maximum Gasteiger partial charge on any atom is 0.250 e. The van der Waals surface area contributed by atoms with Crippen LogP contribution in [0.5, 0.6) is 0 Å². The van der Waals surface area contributed by atoms with Gasteiger partial charge in [-0.3, -0.25) is 4.79 Å². The van der Waals surface area contributed by atoms with Crippen molar-refractivity contribution in [2.45, 2.75) is 27.1 Å². The van der Waals surface area contributed by atoms with E-state index in [2.05, 4.69) is 10.2 Å². The first-order valence-corrected chi connectivity index (χ1v) is 5.47. The highest BCUT2D eigenvalue weighted by atomic mass is 16.7. The molecule has 94 valence electrons. The summed E-state index contributed by atoms with van der Waals surface area (Å²) in [6.45, 7) is 6.28. The third-order valence-corrected chi connectivity index (χ3v) is 2.07. The molecule has 0 bridgehead atoms. The number of ether oxygens (including phenoxy) is 2. The van der Waals surface area contributed by atoms with Crippen molar-refractivity contribution in [1.29, 1.82) is 0 Å². The molecule has 1 heterocycles. The third-order valence-electron chi connectivity index (χ3n) is 2.07. The van der Waals surface area contributed by atoms with Crippen molar-refractivity contribution in [3.63, 3.8) is 0 Å². The Bertz CT molecular complexity index is 390. The smallest absolute Gasteiger partial charge is 0.250 e. The SMILES string of the molecule is CCOC(OCC)c1nnc(C)cc1C(N)=O. The number of carbonyl (C=O) groups is 1. The zero-order valence-electron chi connectivity index (χ0n) is 10.3. The first kappa shape index (κ1) is 13.5. The number of amides is 1. The zero-order chi connectivity index (χ0) is 12.8. The molecule has 0 fully saturated rings. The number of aryl methyl sites for hydroxylation is 1. The number of carbonyl (C=O) groups excluding carboxylic acids is 1. The molecule has 2 N–H and O–H groups in total. The molecule has 0 saturated heterocycles. The van der Waals surface area contributed by atoms with Gasteiger partial charge in [0.25, 0.3) is 5.91 Å². The summed E-state index contributed by atoms with van der Waals surface area (Å²) in [5.74, 6) is -0.567. The second-order valence-electron chi connectivity index (χ2n) is 3.39. The van der Waals surface area contributed by atoms with E-state index < -0.39 is 12.2 Å². The van der Waals surface area contributed by atoms with Gasteiger partial charge in [0, 0.05) is 13.2 Å². The van der Waals surface area contributed by atoms with Crippen molar-refractivity contribution in [2.24, 2.45) is 5.73 Å². The molecular weight excluding hydrogens is 222 g/mol. The summed E-state index contributed by atoms with van der Waals surface area (Å²) < 4.78 is 10.7. The van der Waals surface area contributed by atoms with Crippen LogP contribution in [-0.4, -0.2) is 29.3 Å². The lowest BCUT2D eigenvalue weighted by molar-refractivity contribution is -0.143. The maximum absolute atomic E-state index is 11.3. The van der Waals surface area contributed by atoms with Crippen molar-refractivity contribution >= 4 is 5.91 Å².